The maximum absolute atomic E-state index is 11.4. The van der Waals surface area contributed by atoms with Gasteiger partial charge in [-0.15, -0.1) is 0 Å². The van der Waals surface area contributed by atoms with Crippen molar-refractivity contribution in [2.24, 2.45) is 0 Å². The van der Waals surface area contributed by atoms with E-state index in [0.717, 1.165) is 15.7 Å². The minimum absolute atomic E-state index is 0.142. The van der Waals surface area contributed by atoms with Crippen molar-refractivity contribution in [2.75, 3.05) is 0 Å². The van der Waals surface area contributed by atoms with Gasteiger partial charge in [-0.1, -0.05) is 34.1 Å². The van der Waals surface area contributed by atoms with Crippen LogP contribution in [0.1, 0.15) is 16.2 Å². The topological polar surface area (TPSA) is 68.0 Å². The molecule has 0 bridgehead atoms. The van der Waals surface area contributed by atoms with E-state index in [1.165, 1.54) is 4.68 Å². The molecule has 6 heteroatoms. The summed E-state index contributed by atoms with van der Waals surface area (Å²) in [5, 5.41) is 13.8. The molecule has 0 saturated heterocycles. The van der Waals surface area contributed by atoms with E-state index in [1.54, 1.807) is 12.3 Å². The van der Waals surface area contributed by atoms with Gasteiger partial charge in [-0.25, -0.2) is 4.79 Å². The number of carboxylic acid groups (broad SMARTS) is 1. The zero-order valence-electron chi connectivity index (χ0n) is 11.5. The van der Waals surface area contributed by atoms with Crippen LogP contribution in [0.3, 0.4) is 0 Å². The lowest BCUT2D eigenvalue weighted by molar-refractivity contribution is 0.0684. The number of hydrogen-bond acceptors (Lipinski definition) is 3. The third-order valence-electron chi connectivity index (χ3n) is 3.18. The van der Waals surface area contributed by atoms with E-state index < -0.39 is 5.97 Å². The van der Waals surface area contributed by atoms with Crippen molar-refractivity contribution in [2.45, 2.75) is 6.54 Å². The number of aromatic nitrogens is 3. The average Bonchev–Trinajstić information content (AvgIpc) is 2.93. The molecule has 110 valence electrons. The first-order valence-electron chi connectivity index (χ1n) is 6.60. The van der Waals surface area contributed by atoms with Gasteiger partial charge in [0.05, 0.1) is 17.9 Å². The van der Waals surface area contributed by atoms with E-state index >= 15 is 0 Å². The molecule has 0 spiro atoms. The first-order chi connectivity index (χ1) is 10.6. The quantitative estimate of drug-likeness (QED) is 0.776. The molecular weight excluding hydrogens is 346 g/mol. The summed E-state index contributed by atoms with van der Waals surface area (Å²) in [4.78, 5) is 15.6. The molecule has 5 nitrogen and oxygen atoms in total. The fraction of sp³-hybridized carbons (Fsp3) is 0.0625. The smallest absolute Gasteiger partial charge is 0.354 e. The Labute approximate surface area is 135 Å². The Bertz CT molecular complexity index is 798. The molecule has 0 aliphatic carbocycles. The molecule has 2 aromatic heterocycles. The van der Waals surface area contributed by atoms with Gasteiger partial charge in [0.1, 0.15) is 5.69 Å². The molecule has 0 aliphatic heterocycles. The van der Waals surface area contributed by atoms with Gasteiger partial charge in [0, 0.05) is 16.2 Å². The lowest BCUT2D eigenvalue weighted by Gasteiger charge is -2.03. The molecule has 22 heavy (non-hydrogen) atoms. The standard InChI is InChI=1S/C16H12BrN3O2/c17-12-6-4-11(5-7-12)14-9-15(16(21)22)20(19-14)10-13-3-1-2-8-18-13/h1-9H,10H2,(H,21,22). The number of nitrogens with zero attached hydrogens (tertiary/aromatic N) is 3. The Morgan fingerprint density at radius 3 is 2.59 bits per heavy atom. The van der Waals surface area contributed by atoms with Crippen molar-refractivity contribution in [3.63, 3.8) is 0 Å². The van der Waals surface area contributed by atoms with E-state index in [0.29, 0.717) is 12.2 Å². The average molecular weight is 358 g/mol. The summed E-state index contributed by atoms with van der Waals surface area (Å²) < 4.78 is 2.42. The van der Waals surface area contributed by atoms with Crippen molar-refractivity contribution >= 4 is 21.9 Å². The second-order valence-corrected chi connectivity index (χ2v) is 5.62. The van der Waals surface area contributed by atoms with Crippen LogP contribution in [0.4, 0.5) is 0 Å². The number of aromatic carboxylic acids is 1. The zero-order valence-corrected chi connectivity index (χ0v) is 13.1. The number of halogens is 1. The molecule has 0 saturated carbocycles. The summed E-state index contributed by atoms with van der Waals surface area (Å²) in [5.74, 6) is -1.01. The van der Waals surface area contributed by atoms with Gasteiger partial charge >= 0.3 is 5.97 Å². The summed E-state index contributed by atoms with van der Waals surface area (Å²) in [6.07, 6.45) is 1.68. The van der Waals surface area contributed by atoms with Gasteiger partial charge in [0.25, 0.3) is 0 Å². The van der Waals surface area contributed by atoms with Crippen LogP contribution in [-0.2, 0) is 6.54 Å². The Hall–Kier alpha value is -2.47. The van der Waals surface area contributed by atoms with Gasteiger partial charge in [-0.3, -0.25) is 9.67 Å². The predicted molar refractivity (Wildman–Crippen MR) is 85.7 cm³/mol. The van der Waals surface area contributed by atoms with Crippen LogP contribution < -0.4 is 0 Å². The second kappa shape index (κ2) is 6.11. The highest BCUT2D eigenvalue weighted by Crippen LogP contribution is 2.22. The lowest BCUT2D eigenvalue weighted by Crippen LogP contribution is -2.11. The van der Waals surface area contributed by atoms with Crippen LogP contribution in [0.15, 0.2) is 59.2 Å². The van der Waals surface area contributed by atoms with Gasteiger partial charge in [0.2, 0.25) is 0 Å². The molecule has 0 amide bonds. The Kier molecular flexibility index (Phi) is 4.02. The van der Waals surface area contributed by atoms with Gasteiger partial charge < -0.3 is 5.11 Å². The highest BCUT2D eigenvalue weighted by molar-refractivity contribution is 9.10. The third kappa shape index (κ3) is 3.07. The fourth-order valence-corrected chi connectivity index (χ4v) is 2.38. The van der Waals surface area contributed by atoms with Crippen LogP contribution >= 0.6 is 15.9 Å². The molecule has 3 aromatic rings. The summed E-state index contributed by atoms with van der Waals surface area (Å²) in [5.41, 5.74) is 2.39. The Balaban J connectivity index is 1.99. The van der Waals surface area contributed by atoms with Crippen molar-refractivity contribution < 1.29 is 9.90 Å². The van der Waals surface area contributed by atoms with E-state index in [9.17, 15) is 9.90 Å². The number of rotatable bonds is 4. The molecule has 0 radical (unpaired) electrons. The first-order valence-corrected chi connectivity index (χ1v) is 7.40. The Morgan fingerprint density at radius 2 is 1.95 bits per heavy atom. The number of carbonyl (C=O) groups is 1. The molecule has 2 heterocycles. The highest BCUT2D eigenvalue weighted by Gasteiger charge is 2.15. The number of pyridine rings is 1. The fourth-order valence-electron chi connectivity index (χ4n) is 2.12. The van der Waals surface area contributed by atoms with Crippen LogP contribution in [0, 0.1) is 0 Å². The summed E-state index contributed by atoms with van der Waals surface area (Å²) in [6, 6.07) is 14.7. The molecule has 0 atom stereocenters. The van der Waals surface area contributed by atoms with Gasteiger partial charge in [-0.05, 0) is 30.3 Å². The summed E-state index contributed by atoms with van der Waals surface area (Å²) in [7, 11) is 0. The summed E-state index contributed by atoms with van der Waals surface area (Å²) in [6.45, 7) is 0.318. The Morgan fingerprint density at radius 1 is 1.18 bits per heavy atom. The minimum Gasteiger partial charge on any atom is -0.477 e. The number of carboxylic acids is 1. The lowest BCUT2D eigenvalue weighted by atomic mass is 10.1. The first kappa shape index (κ1) is 14.5. The van der Waals surface area contributed by atoms with Crippen molar-refractivity contribution in [1.29, 1.82) is 0 Å². The molecular formula is C16H12BrN3O2. The minimum atomic E-state index is -1.01. The molecule has 0 unspecified atom stereocenters. The summed E-state index contributed by atoms with van der Waals surface area (Å²) >= 11 is 3.38. The SMILES string of the molecule is O=C(O)c1cc(-c2ccc(Br)cc2)nn1Cc1ccccn1. The molecule has 0 aliphatic rings. The van der Waals surface area contributed by atoms with Gasteiger partial charge in [0.15, 0.2) is 0 Å². The van der Waals surface area contributed by atoms with E-state index in [2.05, 4.69) is 26.0 Å². The largest absolute Gasteiger partial charge is 0.477 e. The van der Waals surface area contributed by atoms with Gasteiger partial charge in [-0.2, -0.15) is 5.10 Å². The van der Waals surface area contributed by atoms with Crippen LogP contribution in [0.25, 0.3) is 11.3 Å². The number of hydrogen-bond donors (Lipinski definition) is 1. The normalized spacial score (nSPS) is 10.6. The van der Waals surface area contributed by atoms with Crippen molar-refractivity contribution in [3.8, 4) is 11.3 Å². The van der Waals surface area contributed by atoms with Crippen LogP contribution in [0.5, 0.6) is 0 Å². The van der Waals surface area contributed by atoms with E-state index in [4.69, 9.17) is 0 Å². The van der Waals surface area contributed by atoms with E-state index in [-0.39, 0.29) is 5.69 Å². The van der Waals surface area contributed by atoms with E-state index in [1.807, 2.05) is 42.5 Å². The van der Waals surface area contributed by atoms with Crippen LogP contribution in [-0.4, -0.2) is 25.8 Å². The van der Waals surface area contributed by atoms with Crippen molar-refractivity contribution in [1.82, 2.24) is 14.8 Å². The molecule has 1 aromatic carbocycles. The zero-order chi connectivity index (χ0) is 15.5. The third-order valence-corrected chi connectivity index (χ3v) is 3.71. The second-order valence-electron chi connectivity index (χ2n) is 4.71. The molecule has 1 N–H and O–H groups in total. The predicted octanol–water partition coefficient (Wildman–Crippen LogP) is 3.45. The van der Waals surface area contributed by atoms with Crippen molar-refractivity contribution in [3.05, 3.63) is 70.6 Å². The molecule has 3 rings (SSSR count). The highest BCUT2D eigenvalue weighted by atomic mass is 79.9. The maximum atomic E-state index is 11.4. The number of benzene rings is 1. The monoisotopic (exact) mass is 357 g/mol. The van der Waals surface area contributed by atoms with Crippen LogP contribution in [0.2, 0.25) is 0 Å². The molecule has 0 fully saturated rings. The maximum Gasteiger partial charge on any atom is 0.354 e.